The van der Waals surface area contributed by atoms with E-state index in [4.69, 9.17) is 13.8 Å². The molecule has 0 saturated carbocycles. The minimum absolute atomic E-state index is 0.0177. The highest BCUT2D eigenvalue weighted by molar-refractivity contribution is 8.76. The summed E-state index contributed by atoms with van der Waals surface area (Å²) in [5, 5.41) is 16.1. The number of carbonyl (C=O) groups is 4. The topological polar surface area (TPSA) is 184 Å². The third-order valence-corrected chi connectivity index (χ3v) is 11.6. The Morgan fingerprint density at radius 3 is 2.22 bits per heavy atom. The summed E-state index contributed by atoms with van der Waals surface area (Å²) in [5.74, 6) is 1.00. The van der Waals surface area contributed by atoms with Gasteiger partial charge < -0.3 is 35.2 Å². The van der Waals surface area contributed by atoms with Gasteiger partial charge in [-0.2, -0.15) is 0 Å². The number of aliphatic hydroxyl groups is 1. The fraction of sp³-hybridized carbons (Fsp3) is 0.875. The number of nitrogens with one attached hydrogen (secondary N) is 2. The molecule has 5 atom stereocenters. The normalized spacial score (nSPS) is 22.3. The van der Waals surface area contributed by atoms with Crippen LogP contribution in [-0.2, 0) is 37.5 Å². The van der Waals surface area contributed by atoms with E-state index in [0.717, 1.165) is 11.5 Å². The Bertz CT molecular complexity index is 1100. The molecule has 14 nitrogen and oxygen atoms in total. The molecular weight excluding hydrogens is 695 g/mol. The van der Waals surface area contributed by atoms with Gasteiger partial charge in [0.15, 0.2) is 0 Å². The van der Waals surface area contributed by atoms with Gasteiger partial charge in [-0.3, -0.25) is 28.2 Å². The largest absolute Gasteiger partial charge is 0.472 e. The maximum atomic E-state index is 13.2. The Hall–Kier alpha value is -1.23. The van der Waals surface area contributed by atoms with E-state index in [0.29, 0.717) is 44.7 Å². The second-order valence-electron chi connectivity index (χ2n) is 13.5. The molecule has 2 aliphatic heterocycles. The number of hydrogen-bond acceptors (Lipinski definition) is 12. The number of aliphatic hydroxyl groups excluding tert-OH is 1. The molecule has 3 amide bonds. The number of phosphoric acid groups is 1. The zero-order chi connectivity index (χ0) is 36.6. The first-order chi connectivity index (χ1) is 23.1. The third-order valence-electron chi connectivity index (χ3n) is 8.09. The van der Waals surface area contributed by atoms with Crippen LogP contribution in [0.25, 0.3) is 0 Å². The van der Waals surface area contributed by atoms with Gasteiger partial charge >= 0.3 is 7.82 Å². The molecule has 1 unspecified atom stereocenters. The fourth-order valence-corrected chi connectivity index (χ4v) is 8.49. The molecule has 17 heteroatoms. The molecule has 2 heterocycles. The Morgan fingerprint density at radius 2 is 1.55 bits per heavy atom. The van der Waals surface area contributed by atoms with Crippen LogP contribution < -0.4 is 10.6 Å². The highest BCUT2D eigenvalue weighted by Gasteiger charge is 2.41. The molecule has 2 fully saturated rings. The molecule has 49 heavy (non-hydrogen) atoms. The van der Waals surface area contributed by atoms with Gasteiger partial charge in [-0.1, -0.05) is 49.3 Å². The summed E-state index contributed by atoms with van der Waals surface area (Å²) in [4.78, 5) is 63.6. The van der Waals surface area contributed by atoms with Crippen molar-refractivity contribution in [2.75, 3.05) is 50.9 Å². The van der Waals surface area contributed by atoms with Crippen LogP contribution in [-0.4, -0.2) is 131 Å². The number of ether oxygens (including phenoxy) is 1. The van der Waals surface area contributed by atoms with Crippen molar-refractivity contribution in [1.82, 2.24) is 20.4 Å². The maximum Gasteiger partial charge on any atom is 0.472 e. The van der Waals surface area contributed by atoms with Gasteiger partial charge in [-0.25, -0.2) is 4.57 Å². The van der Waals surface area contributed by atoms with Crippen LogP contribution in [0.15, 0.2) is 0 Å². The lowest BCUT2D eigenvalue weighted by Crippen LogP contribution is -2.44. The van der Waals surface area contributed by atoms with Crippen molar-refractivity contribution >= 4 is 52.9 Å². The summed E-state index contributed by atoms with van der Waals surface area (Å²) in [5.41, 5.74) is 0. The summed E-state index contributed by atoms with van der Waals surface area (Å²) in [7, 11) is -1.33. The minimum atomic E-state index is -4.60. The lowest BCUT2D eigenvalue weighted by atomic mass is 10.1. The first kappa shape index (κ1) is 43.9. The second kappa shape index (κ2) is 22.7. The molecule has 0 aliphatic carbocycles. The van der Waals surface area contributed by atoms with Crippen molar-refractivity contribution in [3.8, 4) is 0 Å². The molecular formula is C32H59N4O10PS2. The first-order valence-corrected chi connectivity index (χ1v) is 21.4. The average molecular weight is 755 g/mol. The molecule has 0 radical (unpaired) electrons. The zero-order valence-corrected chi connectivity index (χ0v) is 32.5. The number of Topliss-reactive ketones (excluding diaryl/α,β-unsaturated/α-hetero) is 1. The van der Waals surface area contributed by atoms with Crippen molar-refractivity contribution in [1.29, 1.82) is 0 Å². The Balaban J connectivity index is 1.83. The third kappa shape index (κ3) is 17.7. The van der Waals surface area contributed by atoms with Gasteiger partial charge in [0.25, 0.3) is 0 Å². The highest BCUT2D eigenvalue weighted by Crippen LogP contribution is 2.47. The number of ketones is 1. The van der Waals surface area contributed by atoms with Crippen molar-refractivity contribution < 1.29 is 47.5 Å². The zero-order valence-electron chi connectivity index (χ0n) is 30.0. The van der Waals surface area contributed by atoms with Crippen molar-refractivity contribution in [3.05, 3.63) is 0 Å². The molecule has 2 saturated heterocycles. The Morgan fingerprint density at radius 1 is 0.878 bits per heavy atom. The van der Waals surface area contributed by atoms with Crippen LogP contribution >= 0.6 is 29.4 Å². The smallest absolute Gasteiger partial charge is 0.391 e. The van der Waals surface area contributed by atoms with Crippen LogP contribution in [0, 0.1) is 5.92 Å². The fourth-order valence-electron chi connectivity index (χ4n) is 5.45. The van der Waals surface area contributed by atoms with Crippen molar-refractivity contribution in [2.45, 2.75) is 123 Å². The summed E-state index contributed by atoms with van der Waals surface area (Å²) < 4.78 is 29.6. The molecule has 284 valence electrons. The summed E-state index contributed by atoms with van der Waals surface area (Å²) in [6.07, 6.45) is 1.17. The number of amides is 3. The number of carbonyl (C=O) groups excluding carboxylic acids is 4. The summed E-state index contributed by atoms with van der Waals surface area (Å²) in [6, 6.07) is -0.694. The number of hydrogen-bond donors (Lipinski definition) is 4. The SMILES string of the molecule is CC(C)NCCCC(=O)NCC(=O)N1C[C@H](O)C[C@H]1COP(=O)(O)O[C@@H]1C[C@@H](COC(C)C)N(C(=O)CCCSSCCC(=O)C(C)C)C1. The molecule has 0 aromatic rings. The van der Waals surface area contributed by atoms with Gasteiger partial charge in [0.05, 0.1) is 50.2 Å². The quantitative estimate of drug-likeness (QED) is 0.0641. The highest BCUT2D eigenvalue weighted by atomic mass is 33.1. The molecule has 2 aliphatic rings. The van der Waals surface area contributed by atoms with E-state index in [1.165, 1.54) is 4.90 Å². The summed E-state index contributed by atoms with van der Waals surface area (Å²) >= 11 is 0. The second-order valence-corrected chi connectivity index (χ2v) is 17.6. The van der Waals surface area contributed by atoms with Crippen molar-refractivity contribution in [3.63, 3.8) is 0 Å². The predicted molar refractivity (Wildman–Crippen MR) is 192 cm³/mol. The van der Waals surface area contributed by atoms with Gasteiger partial charge in [0.2, 0.25) is 17.7 Å². The van der Waals surface area contributed by atoms with Gasteiger partial charge in [0.1, 0.15) is 5.78 Å². The first-order valence-electron chi connectivity index (χ1n) is 17.4. The van der Waals surface area contributed by atoms with Gasteiger partial charge in [0, 0.05) is 55.8 Å². The predicted octanol–water partition coefficient (Wildman–Crippen LogP) is 3.15. The molecule has 0 bridgehead atoms. The lowest BCUT2D eigenvalue weighted by Gasteiger charge is -2.26. The maximum absolute atomic E-state index is 13.2. The summed E-state index contributed by atoms with van der Waals surface area (Å²) in [6.45, 7) is 12.1. The van der Waals surface area contributed by atoms with Crippen molar-refractivity contribution in [2.24, 2.45) is 5.92 Å². The van der Waals surface area contributed by atoms with E-state index in [1.807, 2.05) is 41.5 Å². The Kier molecular flexibility index (Phi) is 20.3. The van der Waals surface area contributed by atoms with E-state index in [-0.39, 0.29) is 81.4 Å². The van der Waals surface area contributed by atoms with Gasteiger partial charge in [-0.15, -0.1) is 0 Å². The molecule has 0 aromatic carbocycles. The number of β-amino-alcohol motifs (C(OH)–C–C–N with tert-alkyl or cyclic N) is 1. The number of phosphoric ester groups is 1. The van der Waals surface area contributed by atoms with Crippen LogP contribution in [0.4, 0.5) is 0 Å². The van der Waals surface area contributed by atoms with E-state index >= 15 is 0 Å². The van der Waals surface area contributed by atoms with E-state index < -0.39 is 32.0 Å². The number of nitrogens with zero attached hydrogens (tertiary/aromatic N) is 2. The van der Waals surface area contributed by atoms with Crippen LogP contribution in [0.3, 0.4) is 0 Å². The van der Waals surface area contributed by atoms with Gasteiger partial charge in [-0.05, 0) is 46.1 Å². The average Bonchev–Trinajstić information content (AvgIpc) is 3.61. The molecule has 0 aromatic heterocycles. The molecule has 2 rings (SSSR count). The van der Waals surface area contributed by atoms with E-state index in [9.17, 15) is 33.7 Å². The van der Waals surface area contributed by atoms with Crippen LogP contribution in [0.2, 0.25) is 0 Å². The van der Waals surface area contributed by atoms with E-state index in [1.54, 1.807) is 26.5 Å². The van der Waals surface area contributed by atoms with Crippen LogP contribution in [0.5, 0.6) is 0 Å². The standard InChI is InChI=1S/C32H59N4O10PS2/c1-22(2)29(38)11-14-49-48-13-8-10-31(40)36-19-28(16-26(36)20-44-24(5)6)46-47(42,43)45-21-25-15-27(37)18-35(25)32(41)17-34-30(39)9-7-12-33-23(3)4/h22-28,33,37H,7-21H2,1-6H3,(H,34,39)(H,42,43)/t25-,26-,27+,28+/m0/s1. The van der Waals surface area contributed by atoms with Crippen LogP contribution in [0.1, 0.15) is 86.5 Å². The molecule has 0 spiro atoms. The number of rotatable bonds is 24. The molecule has 4 N–H and O–H groups in total. The van der Waals surface area contributed by atoms with E-state index in [2.05, 4.69) is 10.6 Å². The lowest BCUT2D eigenvalue weighted by molar-refractivity contribution is -0.134. The monoisotopic (exact) mass is 754 g/mol. The number of likely N-dealkylation sites (tertiary alicyclic amines) is 2. The Labute approximate surface area is 299 Å². The minimum Gasteiger partial charge on any atom is -0.391 e.